The van der Waals surface area contributed by atoms with E-state index in [1.165, 1.54) is 12.8 Å². The van der Waals surface area contributed by atoms with Gasteiger partial charge in [-0.15, -0.1) is 0 Å². The van der Waals surface area contributed by atoms with Gasteiger partial charge in [0, 0.05) is 40.8 Å². The zero-order valence-electron chi connectivity index (χ0n) is 22.6. The molecular weight excluding hydrogens is 502 g/mol. The van der Waals surface area contributed by atoms with E-state index in [1.807, 2.05) is 0 Å². The largest absolute Gasteiger partial charge is 0.368 e. The Bertz CT molecular complexity index is 1950. The Labute approximate surface area is 238 Å². The van der Waals surface area contributed by atoms with Gasteiger partial charge >= 0.3 is 0 Å². The standard InChI is InChI=1S/C36H29N5/c1-3-9-24(10-4-1)34-28-15-13-26(37-28)23-27-14-16-29(38-27)35(25-11-5-2-6-12-25)31-18-20-33(40-31)36(41-21-7-8-22-41)32-19-17-30(34)39-32/h1-6,9-20,23,37,40H,7-8,21-22H2. The molecule has 6 heterocycles. The molecule has 5 aromatic rings. The maximum absolute atomic E-state index is 5.29. The predicted molar refractivity (Wildman–Crippen MR) is 171 cm³/mol. The lowest BCUT2D eigenvalue weighted by Crippen LogP contribution is -2.18. The first-order chi connectivity index (χ1) is 20.3. The van der Waals surface area contributed by atoms with Crippen LogP contribution in [-0.4, -0.2) is 33.0 Å². The van der Waals surface area contributed by atoms with Gasteiger partial charge in [0.15, 0.2) is 0 Å². The molecular formula is C36H29N5. The van der Waals surface area contributed by atoms with Crippen LogP contribution in [0.25, 0.3) is 68.6 Å². The van der Waals surface area contributed by atoms with Gasteiger partial charge in [0.25, 0.3) is 0 Å². The third-order valence-electron chi connectivity index (χ3n) is 8.10. The molecule has 1 saturated heterocycles. The summed E-state index contributed by atoms with van der Waals surface area (Å²) < 4.78 is 0. The summed E-state index contributed by atoms with van der Waals surface area (Å²) in [4.78, 5) is 20.3. The summed E-state index contributed by atoms with van der Waals surface area (Å²) in [6.45, 7) is 2.06. The number of hydrogen-bond donors (Lipinski definition) is 2. The summed E-state index contributed by atoms with van der Waals surface area (Å²) in [5, 5.41) is 0. The summed E-state index contributed by atoms with van der Waals surface area (Å²) in [7, 11) is 0. The summed E-state index contributed by atoms with van der Waals surface area (Å²) in [6.07, 6.45) is 10.9. The van der Waals surface area contributed by atoms with Gasteiger partial charge in [-0.25, -0.2) is 9.97 Å². The smallest absolute Gasteiger partial charge is 0.0892 e. The van der Waals surface area contributed by atoms with Crippen LogP contribution in [0.15, 0.2) is 91.0 Å². The van der Waals surface area contributed by atoms with Crippen molar-refractivity contribution in [2.45, 2.75) is 12.8 Å². The highest BCUT2D eigenvalue weighted by atomic mass is 15.2. The normalized spacial score (nSPS) is 14.2. The number of hydrogen-bond acceptors (Lipinski definition) is 3. The lowest BCUT2D eigenvalue weighted by Gasteiger charge is -2.18. The maximum atomic E-state index is 5.29. The first kappa shape index (κ1) is 23.7. The lowest BCUT2D eigenvalue weighted by molar-refractivity contribution is 0.949. The Kier molecular flexibility index (Phi) is 5.66. The van der Waals surface area contributed by atoms with Crippen molar-refractivity contribution in [1.29, 1.82) is 0 Å². The van der Waals surface area contributed by atoms with Crippen LogP contribution in [0.3, 0.4) is 0 Å². The van der Waals surface area contributed by atoms with Crippen molar-refractivity contribution in [1.82, 2.24) is 19.9 Å². The Hall–Kier alpha value is -5.16. The van der Waals surface area contributed by atoms with E-state index in [4.69, 9.17) is 9.97 Å². The molecule has 0 spiro atoms. The molecule has 5 nitrogen and oxygen atoms in total. The Morgan fingerprint density at radius 2 is 1.12 bits per heavy atom. The first-order valence-electron chi connectivity index (χ1n) is 14.3. The van der Waals surface area contributed by atoms with Crippen LogP contribution in [0, 0.1) is 0 Å². The number of nitrogens with zero attached hydrogens (tertiary/aromatic N) is 3. The molecule has 3 aliphatic rings. The number of benzene rings is 2. The van der Waals surface area contributed by atoms with Crippen molar-refractivity contribution in [3.63, 3.8) is 0 Å². The average Bonchev–Trinajstić information content (AvgIpc) is 3.84. The maximum Gasteiger partial charge on any atom is 0.0892 e. The topological polar surface area (TPSA) is 60.6 Å². The number of rotatable bonds is 3. The lowest BCUT2D eigenvalue weighted by atomic mass is 10.0. The molecule has 2 aromatic carbocycles. The van der Waals surface area contributed by atoms with Crippen LogP contribution in [0.1, 0.15) is 35.6 Å². The van der Waals surface area contributed by atoms with E-state index < -0.39 is 0 Å². The molecule has 198 valence electrons. The van der Waals surface area contributed by atoms with Crippen molar-refractivity contribution in [2.24, 2.45) is 0 Å². The Morgan fingerprint density at radius 1 is 0.537 bits per heavy atom. The molecule has 41 heavy (non-hydrogen) atoms. The van der Waals surface area contributed by atoms with Crippen molar-refractivity contribution in [3.05, 3.63) is 114 Å². The van der Waals surface area contributed by atoms with Crippen molar-refractivity contribution in [2.75, 3.05) is 18.0 Å². The number of H-pyrrole nitrogens is 2. The number of anilines is 1. The number of aromatic nitrogens is 4. The molecule has 3 aliphatic heterocycles. The minimum atomic E-state index is 0.917. The van der Waals surface area contributed by atoms with E-state index in [0.29, 0.717) is 0 Å². The minimum absolute atomic E-state index is 0.917. The van der Waals surface area contributed by atoms with Crippen LogP contribution >= 0.6 is 0 Å². The van der Waals surface area contributed by atoms with E-state index in [2.05, 4.69) is 130 Å². The number of nitrogens with one attached hydrogen (secondary N) is 2. The molecule has 3 aromatic heterocycles. The van der Waals surface area contributed by atoms with Crippen LogP contribution in [0.5, 0.6) is 0 Å². The molecule has 8 bridgehead atoms. The minimum Gasteiger partial charge on any atom is -0.368 e. The van der Waals surface area contributed by atoms with E-state index >= 15 is 0 Å². The second-order valence-corrected chi connectivity index (χ2v) is 10.8. The van der Waals surface area contributed by atoms with Crippen LogP contribution < -0.4 is 4.90 Å². The quantitative estimate of drug-likeness (QED) is 0.240. The monoisotopic (exact) mass is 531 g/mol. The fourth-order valence-electron chi connectivity index (χ4n) is 6.21. The molecule has 0 atom stereocenters. The highest BCUT2D eigenvalue weighted by Gasteiger charge is 2.21. The van der Waals surface area contributed by atoms with Gasteiger partial charge < -0.3 is 14.9 Å². The van der Waals surface area contributed by atoms with Crippen LogP contribution in [0.2, 0.25) is 0 Å². The van der Waals surface area contributed by atoms with Gasteiger partial charge in [0.05, 0.1) is 34.0 Å². The molecule has 8 rings (SSSR count). The molecule has 1 fully saturated rings. The van der Waals surface area contributed by atoms with E-state index in [-0.39, 0.29) is 0 Å². The second-order valence-electron chi connectivity index (χ2n) is 10.8. The van der Waals surface area contributed by atoms with Gasteiger partial charge in [0.1, 0.15) is 0 Å². The second kappa shape index (κ2) is 9.79. The van der Waals surface area contributed by atoms with E-state index in [9.17, 15) is 0 Å². The van der Waals surface area contributed by atoms with Gasteiger partial charge in [0.2, 0.25) is 0 Å². The van der Waals surface area contributed by atoms with Crippen molar-refractivity contribution < 1.29 is 0 Å². The van der Waals surface area contributed by atoms with Crippen molar-refractivity contribution >= 4 is 52.1 Å². The van der Waals surface area contributed by atoms with E-state index in [0.717, 1.165) is 85.9 Å². The molecule has 0 unspecified atom stereocenters. The molecule has 2 N–H and O–H groups in total. The highest BCUT2D eigenvalue weighted by Crippen LogP contribution is 2.36. The van der Waals surface area contributed by atoms with Gasteiger partial charge in [-0.2, -0.15) is 0 Å². The van der Waals surface area contributed by atoms with Crippen LogP contribution in [0.4, 0.5) is 5.69 Å². The zero-order valence-corrected chi connectivity index (χ0v) is 22.6. The fourth-order valence-corrected chi connectivity index (χ4v) is 6.21. The highest BCUT2D eigenvalue weighted by molar-refractivity contribution is 5.96. The molecule has 0 saturated carbocycles. The first-order valence-corrected chi connectivity index (χ1v) is 14.3. The van der Waals surface area contributed by atoms with Gasteiger partial charge in [-0.3, -0.25) is 0 Å². The zero-order chi connectivity index (χ0) is 27.2. The van der Waals surface area contributed by atoms with E-state index in [1.54, 1.807) is 0 Å². The Balaban J connectivity index is 1.51. The number of aromatic amines is 2. The third kappa shape index (κ3) is 4.27. The average molecular weight is 532 g/mol. The fraction of sp³-hybridized carbons (Fsp3) is 0.111. The van der Waals surface area contributed by atoms with Gasteiger partial charge in [-0.1, -0.05) is 60.7 Å². The van der Waals surface area contributed by atoms with Crippen LogP contribution in [-0.2, 0) is 0 Å². The van der Waals surface area contributed by atoms with Gasteiger partial charge in [-0.05, 0) is 78.6 Å². The summed E-state index contributed by atoms with van der Waals surface area (Å²) >= 11 is 0. The molecule has 5 heteroatoms. The number of fused-ring (bicyclic) bond motifs is 8. The third-order valence-corrected chi connectivity index (χ3v) is 8.10. The van der Waals surface area contributed by atoms with Crippen molar-refractivity contribution in [3.8, 4) is 22.3 Å². The molecule has 0 radical (unpaired) electrons. The Morgan fingerprint density at radius 3 is 1.85 bits per heavy atom. The summed E-state index contributed by atoms with van der Waals surface area (Å²) in [5.74, 6) is 0. The SMILES string of the molecule is C1=Cc2nc1cc1ccc([nH]1)c(-c1ccccc1)c1nc(c(N3CCCC3)c3ccc([nH]3)c2-c2ccccc2)C=C1. The summed E-state index contributed by atoms with van der Waals surface area (Å²) in [5.41, 5.74) is 13.6. The molecule has 0 amide bonds. The molecule has 0 aliphatic carbocycles. The predicted octanol–water partition coefficient (Wildman–Crippen LogP) is 8.59. The summed E-state index contributed by atoms with van der Waals surface area (Å²) in [6, 6.07) is 31.8.